The molecule has 0 aliphatic rings. The fraction of sp³-hybridized carbons (Fsp3) is 0.100. The van der Waals surface area contributed by atoms with Crippen molar-refractivity contribution in [2.45, 2.75) is 6.54 Å². The predicted molar refractivity (Wildman–Crippen MR) is 55.1 cm³/mol. The van der Waals surface area contributed by atoms with Gasteiger partial charge in [-0.3, -0.25) is 0 Å². The van der Waals surface area contributed by atoms with Gasteiger partial charge in [0.1, 0.15) is 0 Å². The Morgan fingerprint density at radius 1 is 1.50 bits per heavy atom. The number of halogens is 1. The molecule has 0 aliphatic heterocycles. The van der Waals surface area contributed by atoms with E-state index in [-0.39, 0.29) is 0 Å². The zero-order valence-electron chi connectivity index (χ0n) is 7.25. The molecule has 0 saturated heterocycles. The van der Waals surface area contributed by atoms with Crippen molar-refractivity contribution in [3.05, 3.63) is 35.0 Å². The van der Waals surface area contributed by atoms with Crippen LogP contribution in [0.5, 0.6) is 0 Å². The third-order valence-corrected chi connectivity index (χ3v) is 2.32. The van der Waals surface area contributed by atoms with E-state index >= 15 is 0 Å². The first-order chi connectivity index (χ1) is 6.81. The molecule has 1 N–H and O–H groups in total. The van der Waals surface area contributed by atoms with Crippen LogP contribution in [0.1, 0.15) is 5.56 Å². The summed E-state index contributed by atoms with van der Waals surface area (Å²) < 4.78 is 0. The first kappa shape index (κ1) is 9.00. The number of hydrogen-bond donors (Lipinski definition) is 1. The summed E-state index contributed by atoms with van der Waals surface area (Å²) in [5.41, 5.74) is 1.85. The summed E-state index contributed by atoms with van der Waals surface area (Å²) in [5, 5.41) is 1.64. The minimum absolute atomic E-state index is 0.318. The first-order valence-corrected chi connectivity index (χ1v) is 4.48. The van der Waals surface area contributed by atoms with Gasteiger partial charge in [0.25, 0.3) is 0 Å². The molecular weight excluding hydrogens is 200 g/mol. The Morgan fingerprint density at radius 2 is 2.36 bits per heavy atom. The van der Waals surface area contributed by atoms with E-state index in [2.05, 4.69) is 9.98 Å². The lowest BCUT2D eigenvalue weighted by molar-refractivity contribution is 0.563. The zero-order valence-corrected chi connectivity index (χ0v) is 8.01. The Morgan fingerprint density at radius 3 is 3.14 bits per heavy atom. The third-order valence-electron chi connectivity index (χ3n) is 2.00. The largest absolute Gasteiger partial charge is 0.361 e. The van der Waals surface area contributed by atoms with E-state index < -0.39 is 0 Å². The van der Waals surface area contributed by atoms with E-state index in [1.54, 1.807) is 6.07 Å². The second-order valence-electron chi connectivity index (χ2n) is 2.92. The van der Waals surface area contributed by atoms with Crippen LogP contribution in [-0.2, 0) is 11.3 Å². The maximum Gasteiger partial charge on any atom is 0.235 e. The van der Waals surface area contributed by atoms with E-state index in [1.807, 2.05) is 18.3 Å². The summed E-state index contributed by atoms with van der Waals surface area (Å²) >= 11 is 6.02. The van der Waals surface area contributed by atoms with E-state index in [0.29, 0.717) is 11.6 Å². The van der Waals surface area contributed by atoms with Crippen molar-refractivity contribution in [3.63, 3.8) is 0 Å². The van der Waals surface area contributed by atoms with Gasteiger partial charge in [-0.15, -0.1) is 0 Å². The van der Waals surface area contributed by atoms with Crippen molar-refractivity contribution >= 4 is 28.6 Å². The molecule has 1 heterocycles. The summed E-state index contributed by atoms with van der Waals surface area (Å²) in [6, 6.07) is 5.63. The molecule has 70 valence electrons. The molecule has 1 aromatic carbocycles. The summed E-state index contributed by atoms with van der Waals surface area (Å²) in [6.07, 6.45) is 3.32. The quantitative estimate of drug-likeness (QED) is 0.596. The monoisotopic (exact) mass is 206 g/mol. The highest BCUT2D eigenvalue weighted by molar-refractivity contribution is 6.35. The summed E-state index contributed by atoms with van der Waals surface area (Å²) in [7, 11) is 0. The normalized spacial score (nSPS) is 10.1. The van der Waals surface area contributed by atoms with Crippen LogP contribution in [0.25, 0.3) is 10.9 Å². The molecule has 0 bridgehead atoms. The second kappa shape index (κ2) is 3.66. The molecule has 0 unspecified atom stereocenters. The van der Waals surface area contributed by atoms with Gasteiger partial charge in [-0.1, -0.05) is 11.6 Å². The van der Waals surface area contributed by atoms with E-state index in [1.165, 1.54) is 6.08 Å². The molecule has 2 rings (SSSR count). The molecule has 0 atom stereocenters. The van der Waals surface area contributed by atoms with Crippen LogP contribution in [0.4, 0.5) is 0 Å². The highest BCUT2D eigenvalue weighted by Crippen LogP contribution is 2.24. The highest BCUT2D eigenvalue weighted by atomic mass is 35.5. The summed E-state index contributed by atoms with van der Waals surface area (Å²) in [5.74, 6) is 0. The Kier molecular flexibility index (Phi) is 2.35. The minimum atomic E-state index is 0.318. The lowest BCUT2D eigenvalue weighted by atomic mass is 10.1. The molecule has 2 aromatic rings. The molecule has 0 amide bonds. The van der Waals surface area contributed by atoms with Crippen LogP contribution in [0.3, 0.4) is 0 Å². The number of hydrogen-bond acceptors (Lipinski definition) is 2. The van der Waals surface area contributed by atoms with Gasteiger partial charge in [-0.25, -0.2) is 9.79 Å². The number of aliphatic imine (C=N–C) groups is 1. The standard InChI is InChI=1S/C10H7ClN2O/c11-9-3-7(5-12-6-14)4-10-8(9)1-2-13-10/h1-4,13H,5H2. The van der Waals surface area contributed by atoms with Gasteiger partial charge in [0.15, 0.2) is 0 Å². The van der Waals surface area contributed by atoms with Crippen molar-refractivity contribution < 1.29 is 4.79 Å². The fourth-order valence-electron chi connectivity index (χ4n) is 1.39. The van der Waals surface area contributed by atoms with Crippen molar-refractivity contribution in [2.24, 2.45) is 4.99 Å². The maximum atomic E-state index is 9.94. The topological polar surface area (TPSA) is 45.2 Å². The molecule has 3 nitrogen and oxygen atoms in total. The molecule has 14 heavy (non-hydrogen) atoms. The number of carbonyl (C=O) groups excluding carboxylic acids is 1. The van der Waals surface area contributed by atoms with E-state index in [9.17, 15) is 4.79 Å². The van der Waals surface area contributed by atoms with Gasteiger partial charge < -0.3 is 4.98 Å². The first-order valence-electron chi connectivity index (χ1n) is 4.10. The zero-order chi connectivity index (χ0) is 9.97. The Labute approximate surface area is 85.4 Å². The molecule has 0 fully saturated rings. The Hall–Kier alpha value is -1.57. The SMILES string of the molecule is O=C=NCc1cc(Cl)c2cc[nH]c2c1. The molecule has 0 radical (unpaired) electrons. The van der Waals surface area contributed by atoms with Crippen LogP contribution in [0.15, 0.2) is 29.4 Å². The average molecular weight is 207 g/mol. The van der Waals surface area contributed by atoms with Gasteiger partial charge in [0, 0.05) is 17.1 Å². The number of aromatic nitrogens is 1. The lowest BCUT2D eigenvalue weighted by Gasteiger charge is -1.98. The van der Waals surface area contributed by atoms with Gasteiger partial charge in [0.2, 0.25) is 6.08 Å². The Bertz CT molecular complexity index is 512. The van der Waals surface area contributed by atoms with Gasteiger partial charge in [-0.05, 0) is 23.8 Å². The number of aromatic amines is 1. The van der Waals surface area contributed by atoms with E-state index in [0.717, 1.165) is 16.5 Å². The van der Waals surface area contributed by atoms with Crippen molar-refractivity contribution in [1.29, 1.82) is 0 Å². The number of rotatable bonds is 2. The van der Waals surface area contributed by atoms with Gasteiger partial charge >= 0.3 is 0 Å². The second-order valence-corrected chi connectivity index (χ2v) is 3.33. The maximum absolute atomic E-state index is 9.94. The minimum Gasteiger partial charge on any atom is -0.361 e. The molecule has 0 saturated carbocycles. The smallest absolute Gasteiger partial charge is 0.235 e. The van der Waals surface area contributed by atoms with Crippen LogP contribution < -0.4 is 0 Å². The molecule has 0 spiro atoms. The van der Waals surface area contributed by atoms with Gasteiger partial charge in [0.05, 0.1) is 11.6 Å². The van der Waals surface area contributed by atoms with E-state index in [4.69, 9.17) is 11.6 Å². The lowest BCUT2D eigenvalue weighted by Crippen LogP contribution is -1.82. The predicted octanol–water partition coefficient (Wildman–Crippen LogP) is 2.66. The van der Waals surface area contributed by atoms with Crippen LogP contribution in [-0.4, -0.2) is 11.1 Å². The fourth-order valence-corrected chi connectivity index (χ4v) is 1.70. The number of H-pyrrole nitrogens is 1. The van der Waals surface area contributed by atoms with Gasteiger partial charge in [-0.2, -0.15) is 0 Å². The van der Waals surface area contributed by atoms with Crippen molar-refractivity contribution in [1.82, 2.24) is 4.98 Å². The molecular formula is C10H7ClN2O. The van der Waals surface area contributed by atoms with Crippen molar-refractivity contribution in [3.8, 4) is 0 Å². The number of nitrogens with zero attached hydrogens (tertiary/aromatic N) is 1. The summed E-state index contributed by atoms with van der Waals surface area (Å²) in [6.45, 7) is 0.318. The number of nitrogens with one attached hydrogen (secondary N) is 1. The van der Waals surface area contributed by atoms with Crippen molar-refractivity contribution in [2.75, 3.05) is 0 Å². The summed E-state index contributed by atoms with van der Waals surface area (Å²) in [4.78, 5) is 16.5. The molecule has 0 aliphatic carbocycles. The number of isocyanates is 1. The number of fused-ring (bicyclic) bond motifs is 1. The van der Waals surface area contributed by atoms with Crippen LogP contribution in [0.2, 0.25) is 5.02 Å². The van der Waals surface area contributed by atoms with Crippen LogP contribution >= 0.6 is 11.6 Å². The molecule has 4 heteroatoms. The van der Waals surface area contributed by atoms with Crippen LogP contribution in [0, 0.1) is 0 Å². The average Bonchev–Trinajstić information content (AvgIpc) is 2.63. The Balaban J connectivity index is 2.52. The molecule has 1 aromatic heterocycles. The number of benzene rings is 1. The third kappa shape index (κ3) is 1.55. The highest BCUT2D eigenvalue weighted by Gasteiger charge is 2.02.